The van der Waals surface area contributed by atoms with Crippen molar-refractivity contribution in [2.75, 3.05) is 31.6 Å². The van der Waals surface area contributed by atoms with Crippen LogP contribution in [-0.4, -0.2) is 37.1 Å². The summed E-state index contributed by atoms with van der Waals surface area (Å²) in [5.74, 6) is 0.611. The average molecular weight is 336 g/mol. The smallest absolute Gasteiger partial charge is 0.228 e. The number of ether oxygens (including phenoxy) is 1. The monoisotopic (exact) mass is 336 g/mol. The summed E-state index contributed by atoms with van der Waals surface area (Å²) in [6.07, 6.45) is 0.948. The third kappa shape index (κ3) is 4.09. The zero-order valence-corrected chi connectivity index (χ0v) is 14.4. The fourth-order valence-corrected chi connectivity index (χ4v) is 3.55. The molecule has 2 unspecified atom stereocenters. The van der Waals surface area contributed by atoms with Crippen LogP contribution < -0.4 is 5.32 Å². The summed E-state index contributed by atoms with van der Waals surface area (Å²) in [6, 6.07) is 18.5. The first-order chi connectivity index (χ1) is 12.3. The number of nitrogens with one attached hydrogen (secondary N) is 1. The quantitative estimate of drug-likeness (QED) is 0.911. The topological polar surface area (TPSA) is 41.6 Å². The molecule has 25 heavy (non-hydrogen) atoms. The van der Waals surface area contributed by atoms with Crippen molar-refractivity contribution in [3.8, 4) is 0 Å². The molecule has 1 aliphatic carbocycles. The van der Waals surface area contributed by atoms with Crippen molar-refractivity contribution in [2.45, 2.75) is 18.9 Å². The van der Waals surface area contributed by atoms with Gasteiger partial charge in [0, 0.05) is 31.2 Å². The number of hydrogen-bond acceptors (Lipinski definition) is 3. The van der Waals surface area contributed by atoms with Gasteiger partial charge in [0.25, 0.3) is 0 Å². The molecular weight excluding hydrogens is 312 g/mol. The Labute approximate surface area is 148 Å². The van der Waals surface area contributed by atoms with E-state index in [4.69, 9.17) is 4.74 Å². The van der Waals surface area contributed by atoms with Crippen LogP contribution in [0.25, 0.3) is 0 Å². The predicted octanol–water partition coefficient (Wildman–Crippen LogP) is 3.26. The second-order valence-corrected chi connectivity index (χ2v) is 6.94. The van der Waals surface area contributed by atoms with Gasteiger partial charge in [-0.3, -0.25) is 9.69 Å². The minimum absolute atomic E-state index is 0.102. The molecule has 1 saturated carbocycles. The highest BCUT2D eigenvalue weighted by atomic mass is 16.5. The van der Waals surface area contributed by atoms with Gasteiger partial charge in [0.05, 0.1) is 13.2 Å². The minimum Gasteiger partial charge on any atom is -0.379 e. The van der Waals surface area contributed by atoms with Crippen molar-refractivity contribution in [3.05, 3.63) is 65.7 Å². The molecule has 2 fully saturated rings. The largest absolute Gasteiger partial charge is 0.379 e. The van der Waals surface area contributed by atoms with Gasteiger partial charge in [-0.2, -0.15) is 0 Å². The summed E-state index contributed by atoms with van der Waals surface area (Å²) < 4.78 is 5.39. The van der Waals surface area contributed by atoms with E-state index < -0.39 is 0 Å². The number of benzene rings is 2. The lowest BCUT2D eigenvalue weighted by Crippen LogP contribution is -2.35. The van der Waals surface area contributed by atoms with Crippen molar-refractivity contribution in [1.82, 2.24) is 4.90 Å². The molecular formula is C21H24N2O2. The van der Waals surface area contributed by atoms with Gasteiger partial charge < -0.3 is 10.1 Å². The van der Waals surface area contributed by atoms with Crippen molar-refractivity contribution in [1.29, 1.82) is 0 Å². The standard InChI is InChI=1S/C21H24N2O2/c24-21(20-14-19(20)17-6-2-1-3-7-17)22-18-8-4-5-16(13-18)15-23-9-11-25-12-10-23/h1-8,13,19-20H,9-12,14-15H2,(H,22,24). The average Bonchev–Trinajstić information content (AvgIpc) is 3.45. The van der Waals surface area contributed by atoms with Crippen LogP contribution in [0.3, 0.4) is 0 Å². The second kappa shape index (κ2) is 7.38. The maximum absolute atomic E-state index is 12.5. The Morgan fingerprint density at radius 1 is 1.08 bits per heavy atom. The minimum atomic E-state index is 0.102. The van der Waals surface area contributed by atoms with Gasteiger partial charge in [-0.1, -0.05) is 42.5 Å². The molecule has 1 heterocycles. The summed E-state index contributed by atoms with van der Waals surface area (Å²) in [5.41, 5.74) is 3.40. The first-order valence-electron chi connectivity index (χ1n) is 9.04. The molecule has 4 rings (SSSR count). The fraction of sp³-hybridized carbons (Fsp3) is 0.381. The Kier molecular flexibility index (Phi) is 4.81. The molecule has 2 aromatic carbocycles. The van der Waals surface area contributed by atoms with Crippen molar-refractivity contribution >= 4 is 11.6 Å². The summed E-state index contributed by atoms with van der Waals surface area (Å²) >= 11 is 0. The van der Waals surface area contributed by atoms with E-state index in [2.05, 4.69) is 34.5 Å². The summed E-state index contributed by atoms with van der Waals surface area (Å²) in [6.45, 7) is 4.45. The van der Waals surface area contributed by atoms with Crippen LogP contribution in [0.5, 0.6) is 0 Å². The van der Waals surface area contributed by atoms with E-state index in [-0.39, 0.29) is 11.8 Å². The Hall–Kier alpha value is -2.17. The van der Waals surface area contributed by atoms with Gasteiger partial charge in [0.2, 0.25) is 5.91 Å². The Bertz CT molecular complexity index is 726. The molecule has 1 N–H and O–H groups in total. The Morgan fingerprint density at radius 2 is 1.88 bits per heavy atom. The van der Waals surface area contributed by atoms with Gasteiger partial charge in [0.1, 0.15) is 0 Å². The SMILES string of the molecule is O=C(Nc1cccc(CN2CCOCC2)c1)C1CC1c1ccccc1. The zero-order valence-electron chi connectivity index (χ0n) is 14.4. The van der Waals surface area contributed by atoms with E-state index in [1.807, 2.05) is 30.3 Å². The zero-order chi connectivity index (χ0) is 17.1. The second-order valence-electron chi connectivity index (χ2n) is 6.94. The molecule has 2 atom stereocenters. The van der Waals surface area contributed by atoms with Gasteiger partial charge in [0.15, 0.2) is 0 Å². The molecule has 0 bridgehead atoms. The number of carbonyl (C=O) groups excluding carboxylic acids is 1. The van der Waals surface area contributed by atoms with Gasteiger partial charge in [-0.05, 0) is 35.6 Å². The van der Waals surface area contributed by atoms with E-state index >= 15 is 0 Å². The number of morpholine rings is 1. The molecule has 0 aromatic heterocycles. The number of rotatable bonds is 5. The number of hydrogen-bond donors (Lipinski definition) is 1. The number of nitrogens with zero attached hydrogens (tertiary/aromatic N) is 1. The third-order valence-electron chi connectivity index (χ3n) is 5.06. The van der Waals surface area contributed by atoms with Gasteiger partial charge in [-0.15, -0.1) is 0 Å². The van der Waals surface area contributed by atoms with E-state index in [1.165, 1.54) is 11.1 Å². The van der Waals surface area contributed by atoms with Crippen LogP contribution in [0.1, 0.15) is 23.5 Å². The maximum Gasteiger partial charge on any atom is 0.228 e. The van der Waals surface area contributed by atoms with Gasteiger partial charge in [-0.25, -0.2) is 0 Å². The molecule has 4 nitrogen and oxygen atoms in total. The molecule has 1 aliphatic heterocycles. The molecule has 0 radical (unpaired) electrons. The van der Waals surface area contributed by atoms with E-state index in [9.17, 15) is 4.79 Å². The van der Waals surface area contributed by atoms with Crippen molar-refractivity contribution < 1.29 is 9.53 Å². The maximum atomic E-state index is 12.5. The number of amides is 1. The molecule has 4 heteroatoms. The third-order valence-corrected chi connectivity index (χ3v) is 5.06. The van der Waals surface area contributed by atoms with E-state index in [0.717, 1.165) is 45.0 Å². The van der Waals surface area contributed by atoms with Crippen LogP contribution in [-0.2, 0) is 16.1 Å². The number of anilines is 1. The number of carbonyl (C=O) groups is 1. The lowest BCUT2D eigenvalue weighted by Gasteiger charge is -2.26. The first kappa shape index (κ1) is 16.3. The van der Waals surface area contributed by atoms with Crippen LogP contribution in [0, 0.1) is 5.92 Å². The van der Waals surface area contributed by atoms with Crippen LogP contribution >= 0.6 is 0 Å². The van der Waals surface area contributed by atoms with Crippen LogP contribution in [0.4, 0.5) is 5.69 Å². The molecule has 1 saturated heterocycles. The van der Waals surface area contributed by atoms with Crippen molar-refractivity contribution in [3.63, 3.8) is 0 Å². The molecule has 130 valence electrons. The van der Waals surface area contributed by atoms with Crippen LogP contribution in [0.2, 0.25) is 0 Å². The highest BCUT2D eigenvalue weighted by Crippen LogP contribution is 2.47. The summed E-state index contributed by atoms with van der Waals surface area (Å²) in [5, 5.41) is 3.10. The molecule has 1 amide bonds. The van der Waals surface area contributed by atoms with Crippen molar-refractivity contribution in [2.24, 2.45) is 5.92 Å². The summed E-state index contributed by atoms with van der Waals surface area (Å²) in [7, 11) is 0. The highest BCUT2D eigenvalue weighted by molar-refractivity contribution is 5.95. The fourth-order valence-electron chi connectivity index (χ4n) is 3.55. The Balaban J connectivity index is 1.35. The lowest BCUT2D eigenvalue weighted by molar-refractivity contribution is -0.117. The van der Waals surface area contributed by atoms with Crippen LogP contribution in [0.15, 0.2) is 54.6 Å². The Morgan fingerprint density at radius 3 is 2.68 bits per heavy atom. The highest BCUT2D eigenvalue weighted by Gasteiger charge is 2.43. The van der Waals surface area contributed by atoms with Gasteiger partial charge >= 0.3 is 0 Å². The summed E-state index contributed by atoms with van der Waals surface area (Å²) in [4.78, 5) is 14.9. The molecule has 0 spiro atoms. The van der Waals surface area contributed by atoms with E-state index in [1.54, 1.807) is 0 Å². The predicted molar refractivity (Wildman–Crippen MR) is 98.5 cm³/mol. The molecule has 2 aliphatic rings. The van der Waals surface area contributed by atoms with E-state index in [0.29, 0.717) is 5.92 Å². The normalized spacial score (nSPS) is 23.2. The molecule has 2 aromatic rings. The first-order valence-corrected chi connectivity index (χ1v) is 9.04. The lowest BCUT2D eigenvalue weighted by atomic mass is 10.1.